The SMILES string of the molecule is COC(=O)c1sc(N2C(=O)C3=C(C(=O)C4CC(C)CCC4O3)C2c2cccc(O)c2)nc1C. The van der Waals surface area contributed by atoms with Crippen molar-refractivity contribution in [3.05, 3.63) is 51.7 Å². The molecular formula is C24H24N2O6S. The maximum absolute atomic E-state index is 13.7. The average molecular weight is 469 g/mol. The van der Waals surface area contributed by atoms with Crippen LogP contribution in [0.15, 0.2) is 35.6 Å². The van der Waals surface area contributed by atoms with E-state index in [0.29, 0.717) is 29.2 Å². The number of aryl methyl sites for hydroxylation is 1. The topological polar surface area (TPSA) is 106 Å². The van der Waals surface area contributed by atoms with Gasteiger partial charge in [-0.1, -0.05) is 30.4 Å². The summed E-state index contributed by atoms with van der Waals surface area (Å²) < 4.78 is 11.0. The lowest BCUT2D eigenvalue weighted by Crippen LogP contribution is -2.41. The monoisotopic (exact) mass is 468 g/mol. The van der Waals surface area contributed by atoms with Gasteiger partial charge in [-0.05, 0) is 49.8 Å². The van der Waals surface area contributed by atoms with Crippen LogP contribution in [0.3, 0.4) is 0 Å². The van der Waals surface area contributed by atoms with Crippen molar-refractivity contribution in [1.29, 1.82) is 0 Å². The van der Waals surface area contributed by atoms with Gasteiger partial charge in [0.1, 0.15) is 16.7 Å². The molecule has 1 aliphatic carbocycles. The summed E-state index contributed by atoms with van der Waals surface area (Å²) in [5.74, 6) is -0.917. The van der Waals surface area contributed by atoms with E-state index in [2.05, 4.69) is 11.9 Å². The van der Waals surface area contributed by atoms with Crippen LogP contribution in [0.2, 0.25) is 0 Å². The van der Waals surface area contributed by atoms with Gasteiger partial charge >= 0.3 is 5.97 Å². The molecule has 33 heavy (non-hydrogen) atoms. The van der Waals surface area contributed by atoms with Crippen LogP contribution in [0, 0.1) is 18.8 Å². The average Bonchev–Trinajstić information content (AvgIpc) is 3.31. The first-order chi connectivity index (χ1) is 15.8. The lowest BCUT2D eigenvalue weighted by molar-refractivity contribution is -0.132. The quantitative estimate of drug-likeness (QED) is 0.685. The molecule has 4 atom stereocenters. The van der Waals surface area contributed by atoms with Gasteiger partial charge in [-0.25, -0.2) is 9.78 Å². The van der Waals surface area contributed by atoms with E-state index in [4.69, 9.17) is 9.47 Å². The highest BCUT2D eigenvalue weighted by molar-refractivity contribution is 7.17. The van der Waals surface area contributed by atoms with Crippen LogP contribution in [0.1, 0.15) is 53.2 Å². The molecule has 9 heteroatoms. The van der Waals surface area contributed by atoms with Crippen LogP contribution in [0.25, 0.3) is 0 Å². The highest BCUT2D eigenvalue weighted by Gasteiger charge is 2.53. The van der Waals surface area contributed by atoms with Gasteiger partial charge in [0.05, 0.1) is 30.3 Å². The Morgan fingerprint density at radius 3 is 2.82 bits per heavy atom. The summed E-state index contributed by atoms with van der Waals surface area (Å²) in [4.78, 5) is 45.7. The molecule has 0 spiro atoms. The molecule has 1 aromatic heterocycles. The number of phenolic OH excluding ortho intramolecular Hbond substituents is 1. The summed E-state index contributed by atoms with van der Waals surface area (Å²) in [5, 5.41) is 10.4. The van der Waals surface area contributed by atoms with Crippen molar-refractivity contribution in [2.45, 2.75) is 45.3 Å². The van der Waals surface area contributed by atoms with Gasteiger partial charge in [0.15, 0.2) is 16.7 Å². The summed E-state index contributed by atoms with van der Waals surface area (Å²) in [5.41, 5.74) is 1.30. The third kappa shape index (κ3) is 3.42. The number of hydrogen-bond acceptors (Lipinski definition) is 8. The molecule has 0 radical (unpaired) electrons. The molecule has 1 saturated carbocycles. The number of rotatable bonds is 3. The number of hydrogen-bond donors (Lipinski definition) is 1. The number of benzene rings is 1. The summed E-state index contributed by atoms with van der Waals surface area (Å²) >= 11 is 1.03. The van der Waals surface area contributed by atoms with E-state index in [9.17, 15) is 19.5 Å². The Kier molecular flexibility index (Phi) is 5.23. The summed E-state index contributed by atoms with van der Waals surface area (Å²) in [7, 11) is 1.28. The minimum Gasteiger partial charge on any atom is -0.508 e. The molecule has 1 fully saturated rings. The lowest BCUT2D eigenvalue weighted by atomic mass is 9.74. The Labute approximate surface area is 194 Å². The fourth-order valence-electron chi connectivity index (χ4n) is 5.05. The predicted octanol–water partition coefficient (Wildman–Crippen LogP) is 3.69. The van der Waals surface area contributed by atoms with Crippen molar-refractivity contribution in [2.75, 3.05) is 12.0 Å². The molecule has 2 aromatic rings. The number of methoxy groups -OCH3 is 1. The zero-order valence-electron chi connectivity index (χ0n) is 18.5. The maximum Gasteiger partial charge on any atom is 0.350 e. The maximum atomic E-state index is 13.7. The summed E-state index contributed by atoms with van der Waals surface area (Å²) in [6.07, 6.45) is 2.06. The number of carbonyl (C=O) groups is 3. The predicted molar refractivity (Wildman–Crippen MR) is 120 cm³/mol. The van der Waals surface area contributed by atoms with E-state index in [1.165, 1.54) is 24.1 Å². The van der Waals surface area contributed by atoms with Crippen molar-refractivity contribution in [3.8, 4) is 5.75 Å². The van der Waals surface area contributed by atoms with Crippen molar-refractivity contribution in [1.82, 2.24) is 4.98 Å². The highest BCUT2D eigenvalue weighted by Crippen LogP contribution is 2.50. The number of carbonyl (C=O) groups excluding carboxylic acids is 3. The second-order valence-corrected chi connectivity index (χ2v) is 9.84. The fraction of sp³-hybridized carbons (Fsp3) is 0.417. The van der Waals surface area contributed by atoms with E-state index < -0.39 is 17.9 Å². The van der Waals surface area contributed by atoms with Crippen LogP contribution in [0.4, 0.5) is 5.13 Å². The van der Waals surface area contributed by atoms with Crippen molar-refractivity contribution in [2.24, 2.45) is 11.8 Å². The number of nitrogens with zero attached hydrogens (tertiary/aromatic N) is 2. The smallest absolute Gasteiger partial charge is 0.350 e. The van der Waals surface area contributed by atoms with Gasteiger partial charge in [-0.2, -0.15) is 0 Å². The molecule has 5 rings (SSSR count). The number of ether oxygens (including phenoxy) is 2. The number of Topliss-reactive ketones (excluding diaryl/α,β-unsaturated/α-hetero) is 1. The van der Waals surface area contributed by atoms with Gasteiger partial charge in [-0.15, -0.1) is 0 Å². The van der Waals surface area contributed by atoms with Crippen LogP contribution < -0.4 is 4.90 Å². The van der Waals surface area contributed by atoms with E-state index in [-0.39, 0.29) is 39.3 Å². The van der Waals surface area contributed by atoms with E-state index >= 15 is 0 Å². The first-order valence-corrected chi connectivity index (χ1v) is 11.7. The molecule has 2 aliphatic heterocycles. The highest BCUT2D eigenvalue weighted by atomic mass is 32.1. The Morgan fingerprint density at radius 1 is 1.30 bits per heavy atom. The van der Waals surface area contributed by atoms with Crippen molar-refractivity contribution in [3.63, 3.8) is 0 Å². The van der Waals surface area contributed by atoms with Crippen LogP contribution in [-0.2, 0) is 19.1 Å². The second kappa shape index (κ2) is 7.98. The molecule has 1 N–H and O–H groups in total. The molecule has 4 unspecified atom stereocenters. The number of ketones is 1. The summed E-state index contributed by atoms with van der Waals surface area (Å²) in [6.45, 7) is 3.79. The number of anilines is 1. The zero-order valence-corrected chi connectivity index (χ0v) is 19.3. The largest absolute Gasteiger partial charge is 0.508 e. The van der Waals surface area contributed by atoms with Gasteiger partial charge < -0.3 is 14.6 Å². The Balaban J connectivity index is 1.65. The number of phenols is 1. The molecule has 0 bridgehead atoms. The fourth-order valence-corrected chi connectivity index (χ4v) is 6.06. The van der Waals surface area contributed by atoms with Crippen LogP contribution in [0.5, 0.6) is 5.75 Å². The Bertz CT molecular complexity index is 1200. The Morgan fingerprint density at radius 2 is 2.09 bits per heavy atom. The number of aromatic nitrogens is 1. The molecule has 3 aliphatic rings. The molecule has 8 nitrogen and oxygen atoms in total. The van der Waals surface area contributed by atoms with E-state index in [0.717, 1.165) is 24.2 Å². The Hall–Kier alpha value is -3.20. The van der Waals surface area contributed by atoms with Crippen molar-refractivity contribution >= 4 is 34.1 Å². The molecule has 1 amide bonds. The number of amides is 1. The van der Waals surface area contributed by atoms with Gasteiger partial charge in [-0.3, -0.25) is 14.5 Å². The van der Waals surface area contributed by atoms with Crippen molar-refractivity contribution < 1.29 is 29.0 Å². The first-order valence-electron chi connectivity index (χ1n) is 10.9. The minimum atomic E-state index is -0.804. The molecule has 172 valence electrons. The standard InChI is InChI=1S/C24H24N2O6S/c1-11-7-8-16-15(9-11)19(28)17-18(13-5-4-6-14(27)10-13)26(22(29)20(17)32-16)24-25-12(2)21(33-24)23(30)31-3/h4-6,10-11,15-16,18,27H,7-9H2,1-3H3. The molecule has 1 aromatic carbocycles. The number of aromatic hydroxyl groups is 1. The third-order valence-electron chi connectivity index (χ3n) is 6.66. The normalized spacial score (nSPS) is 26.7. The molecule has 0 saturated heterocycles. The third-order valence-corrected chi connectivity index (χ3v) is 7.79. The number of thiazole rings is 1. The number of fused-ring (bicyclic) bond motifs is 1. The minimum absolute atomic E-state index is 0.0212. The summed E-state index contributed by atoms with van der Waals surface area (Å²) in [6, 6.07) is 5.68. The zero-order chi connectivity index (χ0) is 23.4. The lowest BCUT2D eigenvalue weighted by Gasteiger charge is -2.37. The van der Waals surface area contributed by atoms with Crippen LogP contribution in [-0.4, -0.2) is 41.0 Å². The van der Waals surface area contributed by atoms with Gasteiger partial charge in [0.2, 0.25) is 0 Å². The van der Waals surface area contributed by atoms with E-state index in [1.807, 2.05) is 0 Å². The number of esters is 1. The first kappa shape index (κ1) is 21.6. The second-order valence-electron chi connectivity index (χ2n) is 8.86. The van der Waals surface area contributed by atoms with Gasteiger partial charge in [0.25, 0.3) is 5.91 Å². The molecular weight excluding hydrogens is 444 g/mol. The molecule has 3 heterocycles. The van der Waals surface area contributed by atoms with Gasteiger partial charge in [0, 0.05) is 0 Å². The van der Waals surface area contributed by atoms with Crippen LogP contribution >= 0.6 is 11.3 Å². The van der Waals surface area contributed by atoms with E-state index in [1.54, 1.807) is 19.1 Å².